The first-order valence-corrected chi connectivity index (χ1v) is 7.56. The molecule has 106 valence electrons. The number of carbonyl (C=O) groups is 1. The number of aromatic nitrogens is 1. The summed E-state index contributed by atoms with van der Waals surface area (Å²) in [6.45, 7) is 4.84. The maximum Gasteiger partial charge on any atom is 0.323 e. The van der Waals surface area contributed by atoms with Crippen molar-refractivity contribution in [3.63, 3.8) is 0 Å². The molecule has 2 N–H and O–H groups in total. The predicted molar refractivity (Wildman–Crippen MR) is 76.7 cm³/mol. The topological polar surface area (TPSA) is 65.5 Å². The second-order valence-corrected chi connectivity index (χ2v) is 6.15. The first kappa shape index (κ1) is 14.3. The molecule has 0 aliphatic heterocycles. The molecule has 0 bridgehead atoms. The average molecular weight is 283 g/mol. The lowest BCUT2D eigenvalue weighted by Crippen LogP contribution is -2.37. The minimum absolute atomic E-state index is 0.0609. The van der Waals surface area contributed by atoms with Gasteiger partial charge in [0.25, 0.3) is 0 Å². The number of thiazole rings is 1. The molecule has 0 aromatic carbocycles. The van der Waals surface area contributed by atoms with E-state index in [-0.39, 0.29) is 12.6 Å². The molecular weight excluding hydrogens is 262 g/mol. The summed E-state index contributed by atoms with van der Waals surface area (Å²) in [6, 6.07) is 0.315. The zero-order valence-electron chi connectivity index (χ0n) is 11.5. The molecule has 0 saturated heterocycles. The number of hydrogen-bond donors (Lipinski definition) is 2. The van der Waals surface area contributed by atoms with E-state index in [1.54, 1.807) is 0 Å². The van der Waals surface area contributed by atoms with Gasteiger partial charge in [0.1, 0.15) is 0 Å². The van der Waals surface area contributed by atoms with E-state index < -0.39 is 0 Å². The smallest absolute Gasteiger partial charge is 0.323 e. The number of nitrogens with one attached hydrogen (secondary N) is 1. The molecule has 1 aromatic heterocycles. The first-order valence-electron chi connectivity index (χ1n) is 6.74. The van der Waals surface area contributed by atoms with E-state index in [2.05, 4.69) is 10.3 Å². The summed E-state index contributed by atoms with van der Waals surface area (Å²) in [5.74, 6) is 0. The molecule has 5 nitrogen and oxygen atoms in total. The molecule has 1 saturated carbocycles. The number of unbranched alkanes of at least 4 members (excludes halogenated alkanes) is 1. The van der Waals surface area contributed by atoms with Gasteiger partial charge in [0, 0.05) is 24.1 Å². The van der Waals surface area contributed by atoms with Crippen LogP contribution >= 0.6 is 11.3 Å². The van der Waals surface area contributed by atoms with Crippen LogP contribution in [0.5, 0.6) is 0 Å². The predicted octanol–water partition coefficient (Wildman–Crippen LogP) is 2.53. The maximum atomic E-state index is 12.2. The van der Waals surface area contributed by atoms with Crippen molar-refractivity contribution in [3.8, 4) is 0 Å². The summed E-state index contributed by atoms with van der Waals surface area (Å²) in [4.78, 5) is 19.6. The highest BCUT2D eigenvalue weighted by Crippen LogP contribution is 2.28. The number of rotatable bonds is 6. The van der Waals surface area contributed by atoms with Crippen molar-refractivity contribution in [2.24, 2.45) is 0 Å². The number of anilines is 1. The number of hydrogen-bond acceptors (Lipinski definition) is 4. The third-order valence-corrected chi connectivity index (χ3v) is 4.29. The highest BCUT2D eigenvalue weighted by Gasteiger charge is 2.32. The summed E-state index contributed by atoms with van der Waals surface area (Å²) in [7, 11) is 0. The molecule has 1 fully saturated rings. The van der Waals surface area contributed by atoms with Crippen LogP contribution in [0.25, 0.3) is 0 Å². The molecule has 19 heavy (non-hydrogen) atoms. The Morgan fingerprint density at radius 3 is 2.74 bits per heavy atom. The van der Waals surface area contributed by atoms with Crippen molar-refractivity contribution in [1.82, 2.24) is 9.88 Å². The Balaban J connectivity index is 1.91. The molecule has 0 radical (unpaired) electrons. The summed E-state index contributed by atoms with van der Waals surface area (Å²) in [5, 5.41) is 12.4. The first-order chi connectivity index (χ1) is 9.11. The third kappa shape index (κ3) is 3.91. The summed E-state index contributed by atoms with van der Waals surface area (Å²) in [5.41, 5.74) is 0.971. The fourth-order valence-corrected chi connectivity index (χ4v) is 2.72. The highest BCUT2D eigenvalue weighted by atomic mass is 32.1. The van der Waals surface area contributed by atoms with Crippen LogP contribution in [0.3, 0.4) is 0 Å². The van der Waals surface area contributed by atoms with E-state index in [1.165, 1.54) is 11.3 Å². The zero-order chi connectivity index (χ0) is 13.8. The lowest BCUT2D eigenvalue weighted by atomic mass is 10.3. The summed E-state index contributed by atoms with van der Waals surface area (Å²) < 4.78 is 0. The van der Waals surface area contributed by atoms with Gasteiger partial charge in [-0.3, -0.25) is 5.32 Å². The van der Waals surface area contributed by atoms with Crippen LogP contribution in [-0.4, -0.2) is 40.2 Å². The Hall–Kier alpha value is -1.14. The molecular formula is C13H21N3O2S. The number of nitrogens with zero attached hydrogens (tertiary/aromatic N) is 2. The second kappa shape index (κ2) is 6.34. The van der Waals surface area contributed by atoms with Gasteiger partial charge in [-0.2, -0.15) is 0 Å². The fraction of sp³-hybridized carbons (Fsp3) is 0.692. The van der Waals surface area contributed by atoms with E-state index in [0.29, 0.717) is 17.7 Å². The lowest BCUT2D eigenvalue weighted by molar-refractivity contribution is 0.204. The van der Waals surface area contributed by atoms with Gasteiger partial charge in [-0.1, -0.05) is 0 Å². The standard InChI is InChI=1S/C13H21N3O2S/c1-9-10(2)19-12(14-9)15-13(18)16(11-5-6-11)7-3-4-8-17/h11,17H,3-8H2,1-2H3,(H,14,15,18). The number of aliphatic hydroxyl groups is 1. The lowest BCUT2D eigenvalue weighted by Gasteiger charge is -2.21. The normalized spacial score (nSPS) is 14.5. The Morgan fingerprint density at radius 1 is 1.47 bits per heavy atom. The zero-order valence-corrected chi connectivity index (χ0v) is 12.3. The fourth-order valence-electron chi connectivity index (χ4n) is 1.92. The molecule has 6 heteroatoms. The Kier molecular flexibility index (Phi) is 4.76. The van der Waals surface area contributed by atoms with Crippen LogP contribution in [0, 0.1) is 13.8 Å². The molecule has 0 unspecified atom stereocenters. The monoisotopic (exact) mass is 283 g/mol. The molecule has 2 rings (SSSR count). The molecule has 1 aromatic rings. The summed E-state index contributed by atoms with van der Waals surface area (Å²) >= 11 is 1.51. The Bertz CT molecular complexity index is 424. The van der Waals surface area contributed by atoms with Crippen molar-refractivity contribution in [1.29, 1.82) is 0 Å². The average Bonchev–Trinajstić information content (AvgIpc) is 3.13. The van der Waals surface area contributed by atoms with Crippen LogP contribution in [-0.2, 0) is 0 Å². The van der Waals surface area contributed by atoms with Gasteiger partial charge in [0.2, 0.25) is 0 Å². The van der Waals surface area contributed by atoms with Crippen LogP contribution < -0.4 is 5.32 Å². The minimum atomic E-state index is -0.0609. The summed E-state index contributed by atoms with van der Waals surface area (Å²) in [6.07, 6.45) is 3.76. The van der Waals surface area contributed by atoms with E-state index in [9.17, 15) is 4.79 Å². The number of aliphatic hydroxyl groups excluding tert-OH is 1. The van der Waals surface area contributed by atoms with Gasteiger partial charge in [-0.15, -0.1) is 11.3 Å². The van der Waals surface area contributed by atoms with Crippen molar-refractivity contribution in [3.05, 3.63) is 10.6 Å². The quantitative estimate of drug-likeness (QED) is 0.788. The van der Waals surface area contributed by atoms with Gasteiger partial charge in [-0.25, -0.2) is 9.78 Å². The maximum absolute atomic E-state index is 12.2. The molecule has 1 heterocycles. The number of amides is 2. The van der Waals surface area contributed by atoms with Gasteiger partial charge in [0.15, 0.2) is 5.13 Å². The molecule has 0 spiro atoms. The van der Waals surface area contributed by atoms with Crippen molar-refractivity contribution in [2.75, 3.05) is 18.5 Å². The minimum Gasteiger partial charge on any atom is -0.396 e. The van der Waals surface area contributed by atoms with Crippen LogP contribution in [0.4, 0.5) is 9.93 Å². The molecule has 1 aliphatic rings. The van der Waals surface area contributed by atoms with Crippen LogP contribution in [0.15, 0.2) is 0 Å². The largest absolute Gasteiger partial charge is 0.396 e. The highest BCUT2D eigenvalue weighted by molar-refractivity contribution is 7.15. The van der Waals surface area contributed by atoms with E-state index in [1.807, 2.05) is 18.7 Å². The number of carbonyl (C=O) groups excluding carboxylic acids is 1. The van der Waals surface area contributed by atoms with E-state index >= 15 is 0 Å². The van der Waals surface area contributed by atoms with E-state index in [4.69, 9.17) is 5.11 Å². The Labute approximate surface area is 117 Å². The molecule has 1 aliphatic carbocycles. The SMILES string of the molecule is Cc1nc(NC(=O)N(CCCCO)C2CC2)sc1C. The van der Waals surface area contributed by atoms with Crippen molar-refractivity contribution in [2.45, 2.75) is 45.6 Å². The van der Waals surface area contributed by atoms with Crippen molar-refractivity contribution < 1.29 is 9.90 Å². The van der Waals surface area contributed by atoms with Gasteiger partial charge in [0.05, 0.1) is 5.69 Å². The van der Waals surface area contributed by atoms with Gasteiger partial charge >= 0.3 is 6.03 Å². The number of urea groups is 1. The Morgan fingerprint density at radius 2 is 2.21 bits per heavy atom. The second-order valence-electron chi connectivity index (χ2n) is 4.95. The van der Waals surface area contributed by atoms with Gasteiger partial charge < -0.3 is 10.0 Å². The van der Waals surface area contributed by atoms with Gasteiger partial charge in [-0.05, 0) is 39.5 Å². The number of aryl methyl sites for hydroxylation is 2. The van der Waals surface area contributed by atoms with E-state index in [0.717, 1.165) is 36.3 Å². The molecule has 2 amide bonds. The van der Waals surface area contributed by atoms with Crippen LogP contribution in [0.1, 0.15) is 36.3 Å². The van der Waals surface area contributed by atoms with Crippen molar-refractivity contribution >= 4 is 22.5 Å². The molecule has 0 atom stereocenters. The third-order valence-electron chi connectivity index (χ3n) is 3.30. The van der Waals surface area contributed by atoms with Crippen LogP contribution in [0.2, 0.25) is 0 Å².